The van der Waals surface area contributed by atoms with Crippen molar-refractivity contribution < 1.29 is 15.0 Å². The van der Waals surface area contributed by atoms with Crippen LogP contribution in [0.1, 0.15) is 37.0 Å². The molecule has 2 atom stereocenters. The predicted molar refractivity (Wildman–Crippen MR) is 68.7 cm³/mol. The second kappa shape index (κ2) is 4.88. The Bertz CT molecular complexity index is 458. The molecule has 4 nitrogen and oxygen atoms in total. The van der Waals surface area contributed by atoms with E-state index in [0.29, 0.717) is 11.5 Å². The first-order chi connectivity index (χ1) is 8.49. The van der Waals surface area contributed by atoms with Crippen molar-refractivity contribution in [2.75, 3.05) is 6.54 Å². The first kappa shape index (κ1) is 12.7. The number of rotatable bonds is 1. The fourth-order valence-electron chi connectivity index (χ4n) is 2.39. The molecule has 1 aromatic carbocycles. The Morgan fingerprint density at radius 2 is 1.94 bits per heavy atom. The quantitative estimate of drug-likeness (QED) is 0.751. The summed E-state index contributed by atoms with van der Waals surface area (Å²) in [5.41, 5.74) is 0.422. The Morgan fingerprint density at radius 1 is 1.22 bits per heavy atom. The van der Waals surface area contributed by atoms with Gasteiger partial charge in [0.05, 0.1) is 0 Å². The maximum atomic E-state index is 12.4. The highest BCUT2D eigenvalue weighted by Crippen LogP contribution is 2.28. The average Bonchev–Trinajstić information content (AvgIpc) is 2.35. The highest BCUT2D eigenvalue weighted by Gasteiger charge is 2.27. The van der Waals surface area contributed by atoms with Gasteiger partial charge < -0.3 is 15.1 Å². The van der Waals surface area contributed by atoms with Crippen molar-refractivity contribution in [2.24, 2.45) is 5.92 Å². The Hall–Kier alpha value is -1.71. The molecule has 1 saturated heterocycles. The molecule has 0 bridgehead atoms. The number of phenols is 2. The van der Waals surface area contributed by atoms with E-state index in [1.165, 1.54) is 12.1 Å². The van der Waals surface area contributed by atoms with Crippen molar-refractivity contribution in [3.63, 3.8) is 0 Å². The van der Waals surface area contributed by atoms with Gasteiger partial charge >= 0.3 is 0 Å². The number of carbonyl (C=O) groups is 1. The first-order valence-corrected chi connectivity index (χ1v) is 6.32. The molecule has 0 spiro atoms. The van der Waals surface area contributed by atoms with Gasteiger partial charge in [-0.2, -0.15) is 0 Å². The molecule has 0 radical (unpaired) electrons. The third kappa shape index (κ3) is 2.42. The Kier molecular flexibility index (Phi) is 3.45. The van der Waals surface area contributed by atoms with E-state index >= 15 is 0 Å². The van der Waals surface area contributed by atoms with Crippen LogP contribution in [0.25, 0.3) is 0 Å². The zero-order valence-electron chi connectivity index (χ0n) is 10.8. The van der Waals surface area contributed by atoms with E-state index in [-0.39, 0.29) is 23.4 Å². The molecule has 1 amide bonds. The van der Waals surface area contributed by atoms with Crippen molar-refractivity contribution in [3.8, 4) is 11.5 Å². The number of piperidine rings is 1. The zero-order chi connectivity index (χ0) is 13.3. The number of likely N-dealkylation sites (tertiary alicyclic amines) is 1. The molecule has 0 aromatic heterocycles. The molecular weight excluding hydrogens is 230 g/mol. The van der Waals surface area contributed by atoms with Crippen LogP contribution in [0, 0.1) is 5.92 Å². The summed E-state index contributed by atoms with van der Waals surface area (Å²) in [6.07, 6.45) is 2.16. The van der Waals surface area contributed by atoms with Crippen LogP contribution in [-0.4, -0.2) is 33.6 Å². The van der Waals surface area contributed by atoms with Gasteiger partial charge in [0.1, 0.15) is 0 Å². The van der Waals surface area contributed by atoms with Crippen LogP contribution in [0.2, 0.25) is 0 Å². The normalized spacial score (nSPS) is 24.0. The van der Waals surface area contributed by atoms with E-state index in [9.17, 15) is 15.0 Å². The van der Waals surface area contributed by atoms with Crippen LogP contribution in [0.4, 0.5) is 0 Å². The highest BCUT2D eigenvalue weighted by molar-refractivity contribution is 5.95. The second-order valence-electron chi connectivity index (χ2n) is 5.19. The van der Waals surface area contributed by atoms with Crippen molar-refractivity contribution in [3.05, 3.63) is 23.8 Å². The SMILES string of the molecule is CC1CCC(C)N(C(=O)c2ccc(O)c(O)c2)C1. The fourth-order valence-corrected chi connectivity index (χ4v) is 2.39. The van der Waals surface area contributed by atoms with Crippen molar-refractivity contribution >= 4 is 5.91 Å². The number of benzene rings is 1. The van der Waals surface area contributed by atoms with E-state index in [0.717, 1.165) is 19.4 Å². The summed E-state index contributed by atoms with van der Waals surface area (Å²) < 4.78 is 0. The van der Waals surface area contributed by atoms with Crippen molar-refractivity contribution in [1.29, 1.82) is 0 Å². The highest BCUT2D eigenvalue weighted by atomic mass is 16.3. The molecule has 4 heteroatoms. The first-order valence-electron chi connectivity index (χ1n) is 6.32. The zero-order valence-corrected chi connectivity index (χ0v) is 10.8. The minimum absolute atomic E-state index is 0.0793. The van der Waals surface area contributed by atoms with Crippen LogP contribution in [0.5, 0.6) is 11.5 Å². The van der Waals surface area contributed by atoms with E-state index in [1.807, 2.05) is 11.8 Å². The number of nitrogens with zero attached hydrogens (tertiary/aromatic N) is 1. The summed E-state index contributed by atoms with van der Waals surface area (Å²) in [7, 11) is 0. The van der Waals surface area contributed by atoms with E-state index in [1.54, 1.807) is 6.07 Å². The molecular formula is C14H19NO3. The van der Waals surface area contributed by atoms with Gasteiger partial charge in [-0.15, -0.1) is 0 Å². The lowest BCUT2D eigenvalue weighted by Gasteiger charge is -2.36. The van der Waals surface area contributed by atoms with Gasteiger partial charge in [-0.05, 0) is 43.9 Å². The minimum Gasteiger partial charge on any atom is -0.504 e. The summed E-state index contributed by atoms with van der Waals surface area (Å²) in [5.74, 6) is -0.0228. The largest absolute Gasteiger partial charge is 0.504 e. The summed E-state index contributed by atoms with van der Waals surface area (Å²) >= 11 is 0. The third-order valence-electron chi connectivity index (χ3n) is 3.60. The predicted octanol–water partition coefficient (Wildman–Crippen LogP) is 2.36. The van der Waals surface area contributed by atoms with Gasteiger partial charge in [0.2, 0.25) is 0 Å². The Balaban J connectivity index is 2.21. The number of hydrogen-bond acceptors (Lipinski definition) is 3. The molecule has 2 N–H and O–H groups in total. The summed E-state index contributed by atoms with van der Waals surface area (Å²) in [6.45, 7) is 4.94. The van der Waals surface area contributed by atoms with Gasteiger partial charge in [-0.3, -0.25) is 4.79 Å². The molecule has 0 aliphatic carbocycles. The van der Waals surface area contributed by atoms with Crippen LogP contribution in [0.15, 0.2) is 18.2 Å². The lowest BCUT2D eigenvalue weighted by molar-refractivity contribution is 0.0573. The monoisotopic (exact) mass is 249 g/mol. The lowest BCUT2D eigenvalue weighted by atomic mass is 9.94. The maximum Gasteiger partial charge on any atom is 0.254 e. The molecule has 2 rings (SSSR count). The molecule has 2 unspecified atom stereocenters. The van der Waals surface area contributed by atoms with Gasteiger partial charge in [-0.1, -0.05) is 6.92 Å². The minimum atomic E-state index is -0.251. The lowest BCUT2D eigenvalue weighted by Crippen LogP contribution is -2.44. The number of carbonyl (C=O) groups excluding carboxylic acids is 1. The molecule has 1 aromatic rings. The third-order valence-corrected chi connectivity index (χ3v) is 3.60. The second-order valence-corrected chi connectivity index (χ2v) is 5.19. The van der Waals surface area contributed by atoms with E-state index in [2.05, 4.69) is 6.92 Å². The van der Waals surface area contributed by atoms with Crippen LogP contribution < -0.4 is 0 Å². The summed E-state index contributed by atoms with van der Waals surface area (Å²) in [5, 5.41) is 18.7. The number of aromatic hydroxyl groups is 2. The van der Waals surface area contributed by atoms with Crippen molar-refractivity contribution in [1.82, 2.24) is 4.90 Å². The average molecular weight is 249 g/mol. The number of amides is 1. The molecule has 1 fully saturated rings. The van der Waals surface area contributed by atoms with Gasteiger partial charge in [-0.25, -0.2) is 0 Å². The Morgan fingerprint density at radius 3 is 2.61 bits per heavy atom. The maximum absolute atomic E-state index is 12.4. The molecule has 1 heterocycles. The molecule has 1 aliphatic rings. The molecule has 1 aliphatic heterocycles. The van der Waals surface area contributed by atoms with Crippen LogP contribution >= 0.6 is 0 Å². The van der Waals surface area contributed by atoms with Crippen LogP contribution in [0.3, 0.4) is 0 Å². The van der Waals surface area contributed by atoms with Gasteiger partial charge in [0.25, 0.3) is 5.91 Å². The fraction of sp³-hybridized carbons (Fsp3) is 0.500. The standard InChI is InChI=1S/C14H19NO3/c1-9-3-4-10(2)15(8-9)14(18)11-5-6-12(16)13(17)7-11/h5-7,9-10,16-17H,3-4,8H2,1-2H3. The van der Waals surface area contributed by atoms with E-state index in [4.69, 9.17) is 0 Å². The Labute approximate surface area is 107 Å². The van der Waals surface area contributed by atoms with E-state index < -0.39 is 0 Å². The van der Waals surface area contributed by atoms with Crippen molar-refractivity contribution in [2.45, 2.75) is 32.7 Å². The summed E-state index contributed by atoms with van der Waals surface area (Å²) in [4.78, 5) is 14.2. The van der Waals surface area contributed by atoms with Crippen LogP contribution in [-0.2, 0) is 0 Å². The molecule has 0 saturated carbocycles. The van der Waals surface area contributed by atoms with Gasteiger partial charge in [0.15, 0.2) is 11.5 Å². The number of phenolic OH excluding ortho intramolecular Hbond substituents is 2. The summed E-state index contributed by atoms with van der Waals surface area (Å²) in [6, 6.07) is 4.44. The molecule has 98 valence electrons. The van der Waals surface area contributed by atoms with Gasteiger partial charge in [0, 0.05) is 18.2 Å². The topological polar surface area (TPSA) is 60.8 Å². The number of hydrogen-bond donors (Lipinski definition) is 2. The molecule has 18 heavy (non-hydrogen) atoms. The smallest absolute Gasteiger partial charge is 0.254 e.